The molecule has 5 heteroatoms. The molecule has 2 amide bonds. The van der Waals surface area contributed by atoms with Gasteiger partial charge in [-0.25, -0.2) is 0 Å². The number of hydrogen-bond acceptors (Lipinski definition) is 3. The van der Waals surface area contributed by atoms with Crippen molar-refractivity contribution in [1.29, 1.82) is 0 Å². The number of rotatable bonds is 8. The van der Waals surface area contributed by atoms with Crippen LogP contribution in [0.25, 0.3) is 11.1 Å². The fourth-order valence-electron chi connectivity index (χ4n) is 2.65. The van der Waals surface area contributed by atoms with E-state index in [1.165, 1.54) is 0 Å². The average Bonchev–Trinajstić information content (AvgIpc) is 2.55. The molecule has 0 heterocycles. The van der Waals surface area contributed by atoms with Gasteiger partial charge in [0.25, 0.3) is 0 Å². The van der Waals surface area contributed by atoms with Gasteiger partial charge in [-0.1, -0.05) is 54.6 Å². The summed E-state index contributed by atoms with van der Waals surface area (Å²) in [5.41, 5.74) is 8.62. The van der Waals surface area contributed by atoms with Crippen molar-refractivity contribution in [2.24, 2.45) is 5.73 Å². The predicted octanol–water partition coefficient (Wildman–Crippen LogP) is 2.17. The molecule has 0 aliphatic rings. The second-order valence-corrected chi connectivity index (χ2v) is 6.40. The molecule has 25 heavy (non-hydrogen) atoms. The maximum absolute atomic E-state index is 12.0. The van der Waals surface area contributed by atoms with Gasteiger partial charge < -0.3 is 11.1 Å². The van der Waals surface area contributed by atoms with Crippen molar-refractivity contribution < 1.29 is 9.59 Å². The van der Waals surface area contributed by atoms with Gasteiger partial charge >= 0.3 is 0 Å². The molecule has 0 aliphatic heterocycles. The second kappa shape index (κ2) is 8.99. The van der Waals surface area contributed by atoms with E-state index >= 15 is 0 Å². The van der Waals surface area contributed by atoms with Crippen molar-refractivity contribution in [3.8, 4) is 11.1 Å². The molecule has 2 aromatic carbocycles. The lowest BCUT2D eigenvalue weighted by molar-refractivity contribution is -0.124. The molecule has 0 saturated heterocycles. The highest BCUT2D eigenvalue weighted by Crippen LogP contribution is 2.19. The first kappa shape index (κ1) is 18.7. The van der Waals surface area contributed by atoms with Crippen molar-refractivity contribution >= 4 is 11.8 Å². The lowest BCUT2D eigenvalue weighted by Gasteiger charge is -2.21. The SMILES string of the molecule is CC(C)NC(=O)CN(CC(N)=O)Cc1ccc(-c2ccccc2)cc1. The van der Waals surface area contributed by atoms with Crippen LogP contribution in [0.15, 0.2) is 54.6 Å². The smallest absolute Gasteiger partial charge is 0.234 e. The molecule has 5 nitrogen and oxygen atoms in total. The summed E-state index contributed by atoms with van der Waals surface area (Å²) in [6.07, 6.45) is 0. The maximum Gasteiger partial charge on any atom is 0.234 e. The summed E-state index contributed by atoms with van der Waals surface area (Å²) in [5.74, 6) is -0.560. The lowest BCUT2D eigenvalue weighted by Crippen LogP contribution is -2.42. The molecule has 0 unspecified atom stereocenters. The molecular formula is C20H25N3O2. The van der Waals surface area contributed by atoms with Gasteiger partial charge in [0, 0.05) is 12.6 Å². The van der Waals surface area contributed by atoms with Crippen LogP contribution in [0.1, 0.15) is 19.4 Å². The summed E-state index contributed by atoms with van der Waals surface area (Å²) in [6, 6.07) is 18.3. The van der Waals surface area contributed by atoms with Gasteiger partial charge in [0.1, 0.15) is 0 Å². The predicted molar refractivity (Wildman–Crippen MR) is 99.6 cm³/mol. The first-order valence-electron chi connectivity index (χ1n) is 8.38. The van der Waals surface area contributed by atoms with Crippen LogP contribution in [0.2, 0.25) is 0 Å². The molecule has 0 atom stereocenters. The number of primary amides is 1. The minimum atomic E-state index is -0.446. The Labute approximate surface area is 148 Å². The third kappa shape index (κ3) is 6.39. The third-order valence-corrected chi connectivity index (χ3v) is 3.66. The van der Waals surface area contributed by atoms with Crippen LogP contribution >= 0.6 is 0 Å². The normalized spacial score (nSPS) is 10.9. The van der Waals surface area contributed by atoms with Gasteiger partial charge in [-0.2, -0.15) is 0 Å². The number of benzene rings is 2. The van der Waals surface area contributed by atoms with E-state index in [9.17, 15) is 9.59 Å². The number of nitrogens with two attached hydrogens (primary N) is 1. The average molecular weight is 339 g/mol. The molecule has 0 radical (unpaired) electrons. The van der Waals surface area contributed by atoms with Crippen molar-refractivity contribution in [3.05, 3.63) is 60.2 Å². The minimum Gasteiger partial charge on any atom is -0.369 e. The fourth-order valence-corrected chi connectivity index (χ4v) is 2.65. The molecule has 0 fully saturated rings. The Morgan fingerprint density at radius 3 is 2.12 bits per heavy atom. The van der Waals surface area contributed by atoms with Crippen LogP contribution in [-0.4, -0.2) is 35.8 Å². The highest BCUT2D eigenvalue weighted by atomic mass is 16.2. The largest absolute Gasteiger partial charge is 0.369 e. The standard InChI is InChI=1S/C20H25N3O2/c1-15(2)22-20(25)14-23(13-19(21)24)12-16-8-10-18(11-9-16)17-6-4-3-5-7-17/h3-11,15H,12-14H2,1-2H3,(H2,21,24)(H,22,25). The van der Waals surface area contributed by atoms with Crippen LogP contribution in [-0.2, 0) is 16.1 Å². The number of carbonyl (C=O) groups is 2. The summed E-state index contributed by atoms with van der Waals surface area (Å²) < 4.78 is 0. The first-order chi connectivity index (χ1) is 11.9. The summed E-state index contributed by atoms with van der Waals surface area (Å²) in [7, 11) is 0. The van der Waals surface area contributed by atoms with Gasteiger partial charge in [0.15, 0.2) is 0 Å². The van der Waals surface area contributed by atoms with Gasteiger partial charge in [-0.15, -0.1) is 0 Å². The van der Waals surface area contributed by atoms with Crippen LogP contribution < -0.4 is 11.1 Å². The maximum atomic E-state index is 12.0. The Bertz CT molecular complexity index is 697. The van der Waals surface area contributed by atoms with Crippen molar-refractivity contribution in [2.45, 2.75) is 26.4 Å². The zero-order valence-corrected chi connectivity index (χ0v) is 14.7. The molecule has 0 bridgehead atoms. The molecule has 0 spiro atoms. The van der Waals surface area contributed by atoms with E-state index in [-0.39, 0.29) is 25.0 Å². The van der Waals surface area contributed by atoms with E-state index in [1.54, 1.807) is 4.90 Å². The Balaban J connectivity index is 2.04. The first-order valence-corrected chi connectivity index (χ1v) is 8.38. The Kier molecular flexibility index (Phi) is 6.71. The topological polar surface area (TPSA) is 75.4 Å². The van der Waals surface area contributed by atoms with Crippen LogP contribution in [0.4, 0.5) is 0 Å². The Morgan fingerprint density at radius 1 is 0.960 bits per heavy atom. The van der Waals surface area contributed by atoms with Crippen molar-refractivity contribution in [1.82, 2.24) is 10.2 Å². The van der Waals surface area contributed by atoms with Gasteiger partial charge in [0.2, 0.25) is 11.8 Å². The third-order valence-electron chi connectivity index (χ3n) is 3.66. The molecule has 0 aliphatic carbocycles. The molecule has 2 rings (SSSR count). The van der Waals surface area contributed by atoms with E-state index in [0.29, 0.717) is 6.54 Å². The molecule has 2 aromatic rings. The number of nitrogens with zero attached hydrogens (tertiary/aromatic N) is 1. The van der Waals surface area contributed by atoms with E-state index in [4.69, 9.17) is 5.73 Å². The quantitative estimate of drug-likeness (QED) is 0.774. The number of hydrogen-bond donors (Lipinski definition) is 2. The van der Waals surface area contributed by atoms with Crippen molar-refractivity contribution in [3.63, 3.8) is 0 Å². The van der Waals surface area contributed by atoms with E-state index in [2.05, 4.69) is 17.4 Å². The zero-order chi connectivity index (χ0) is 18.2. The summed E-state index contributed by atoms with van der Waals surface area (Å²) in [4.78, 5) is 25.0. The highest BCUT2D eigenvalue weighted by Gasteiger charge is 2.14. The Morgan fingerprint density at radius 2 is 1.56 bits per heavy atom. The number of carbonyl (C=O) groups excluding carboxylic acids is 2. The monoisotopic (exact) mass is 339 g/mol. The zero-order valence-electron chi connectivity index (χ0n) is 14.7. The Hall–Kier alpha value is -2.66. The van der Waals surface area contributed by atoms with Crippen molar-refractivity contribution in [2.75, 3.05) is 13.1 Å². The van der Waals surface area contributed by atoms with Gasteiger partial charge in [0.05, 0.1) is 13.1 Å². The van der Waals surface area contributed by atoms with Crippen LogP contribution in [0.5, 0.6) is 0 Å². The lowest BCUT2D eigenvalue weighted by atomic mass is 10.0. The van der Waals surface area contributed by atoms with Gasteiger partial charge in [-0.05, 0) is 30.5 Å². The molecule has 0 aromatic heterocycles. The second-order valence-electron chi connectivity index (χ2n) is 6.40. The molecular weight excluding hydrogens is 314 g/mol. The highest BCUT2D eigenvalue weighted by molar-refractivity contribution is 5.80. The van der Waals surface area contributed by atoms with Crippen LogP contribution in [0.3, 0.4) is 0 Å². The molecule has 0 saturated carbocycles. The van der Waals surface area contributed by atoms with E-state index < -0.39 is 5.91 Å². The summed E-state index contributed by atoms with van der Waals surface area (Å²) >= 11 is 0. The fraction of sp³-hybridized carbons (Fsp3) is 0.300. The van der Waals surface area contributed by atoms with E-state index in [1.807, 2.05) is 56.3 Å². The minimum absolute atomic E-state index is 0.0476. The molecule has 3 N–H and O–H groups in total. The van der Waals surface area contributed by atoms with Gasteiger partial charge in [-0.3, -0.25) is 14.5 Å². The number of amides is 2. The summed E-state index contributed by atoms with van der Waals surface area (Å²) in [5, 5.41) is 2.83. The van der Waals surface area contributed by atoms with Crippen LogP contribution in [0, 0.1) is 0 Å². The molecule has 132 valence electrons. The van der Waals surface area contributed by atoms with E-state index in [0.717, 1.165) is 16.7 Å². The number of nitrogens with one attached hydrogen (secondary N) is 1. The summed E-state index contributed by atoms with van der Waals surface area (Å²) in [6.45, 7) is 4.48.